The summed E-state index contributed by atoms with van der Waals surface area (Å²) in [4.78, 5) is 0. The molecule has 1 aliphatic rings. The Bertz CT molecular complexity index is 347. The minimum Gasteiger partial charge on any atom is -0.329 e. The Kier molecular flexibility index (Phi) is 4.19. The minimum atomic E-state index is -5.71. The summed E-state index contributed by atoms with van der Waals surface area (Å²) in [5.74, 6) is -4.57. The van der Waals surface area contributed by atoms with Gasteiger partial charge in [0.05, 0.1) is 12.2 Å². The third-order valence-corrected chi connectivity index (χ3v) is 3.31. The number of ether oxygens (including phenoxy) is 2. The van der Waals surface area contributed by atoms with Gasteiger partial charge in [-0.25, -0.2) is 0 Å². The van der Waals surface area contributed by atoms with Crippen molar-refractivity contribution in [2.45, 2.75) is 71.9 Å². The highest BCUT2D eigenvalue weighted by Crippen LogP contribution is 2.56. The zero-order chi connectivity index (χ0) is 17.1. The zero-order valence-corrected chi connectivity index (χ0v) is 12.7. The Morgan fingerprint density at radius 3 is 1.00 bits per heavy atom. The van der Waals surface area contributed by atoms with Gasteiger partial charge in [0.1, 0.15) is 0 Å². The van der Waals surface area contributed by atoms with E-state index in [1.165, 1.54) is 41.5 Å². The smallest absolute Gasteiger partial charge is 0.329 e. The van der Waals surface area contributed by atoms with Crippen LogP contribution in [0.4, 0.5) is 26.3 Å². The second-order valence-corrected chi connectivity index (χ2v) is 7.42. The van der Waals surface area contributed by atoms with Crippen molar-refractivity contribution in [1.29, 1.82) is 0 Å². The minimum absolute atomic E-state index is 0.948. The van der Waals surface area contributed by atoms with Gasteiger partial charge in [0.2, 0.25) is 0 Å². The maximum Gasteiger partial charge on any atom is 0.453 e. The Balaban J connectivity index is 3.42. The van der Waals surface area contributed by atoms with E-state index < -0.39 is 41.2 Å². The summed E-state index contributed by atoms with van der Waals surface area (Å²) in [7, 11) is 0. The maximum absolute atomic E-state index is 13.1. The van der Waals surface area contributed by atoms with Crippen molar-refractivity contribution in [1.82, 2.24) is 0 Å². The second-order valence-electron chi connectivity index (χ2n) is 7.42. The molecular weight excluding hydrogens is 302 g/mol. The molecule has 2 nitrogen and oxygen atoms in total. The number of halogens is 6. The van der Waals surface area contributed by atoms with Crippen molar-refractivity contribution in [2.24, 2.45) is 10.8 Å². The lowest BCUT2D eigenvalue weighted by Gasteiger charge is -2.36. The van der Waals surface area contributed by atoms with Crippen molar-refractivity contribution in [3.8, 4) is 0 Å². The third-order valence-electron chi connectivity index (χ3n) is 3.31. The van der Waals surface area contributed by atoms with Crippen molar-refractivity contribution in [3.63, 3.8) is 0 Å². The second kappa shape index (κ2) is 4.75. The molecule has 0 bridgehead atoms. The zero-order valence-electron chi connectivity index (χ0n) is 12.7. The van der Waals surface area contributed by atoms with Crippen LogP contribution >= 0.6 is 0 Å². The van der Waals surface area contributed by atoms with Crippen LogP contribution in [0.25, 0.3) is 0 Å². The highest BCUT2D eigenvalue weighted by atomic mass is 19.4. The molecule has 1 fully saturated rings. The molecule has 0 saturated carbocycles. The van der Waals surface area contributed by atoms with Gasteiger partial charge in [0, 0.05) is 0 Å². The van der Waals surface area contributed by atoms with Gasteiger partial charge in [-0.15, -0.1) is 0 Å². The fraction of sp³-hybridized carbons (Fsp3) is 1.00. The van der Waals surface area contributed by atoms with Crippen LogP contribution in [0.3, 0.4) is 0 Å². The Morgan fingerprint density at radius 1 is 0.619 bits per heavy atom. The number of hydrogen-bond donors (Lipinski definition) is 0. The molecule has 0 N–H and O–H groups in total. The first-order chi connectivity index (χ1) is 8.93. The molecule has 0 aromatic rings. The summed E-state index contributed by atoms with van der Waals surface area (Å²) in [5.41, 5.74) is -1.90. The van der Waals surface area contributed by atoms with E-state index in [0.29, 0.717) is 0 Å². The Labute approximate surface area is 119 Å². The average molecular weight is 322 g/mol. The van der Waals surface area contributed by atoms with Gasteiger partial charge in [-0.05, 0) is 10.8 Å². The Hall–Kier alpha value is -0.500. The van der Waals surface area contributed by atoms with Crippen LogP contribution < -0.4 is 0 Å². The van der Waals surface area contributed by atoms with E-state index in [1.54, 1.807) is 0 Å². The third kappa shape index (κ3) is 3.16. The van der Waals surface area contributed by atoms with Crippen molar-refractivity contribution in [3.05, 3.63) is 0 Å². The molecular formula is C13H20F6O2. The predicted molar refractivity (Wildman–Crippen MR) is 63.5 cm³/mol. The van der Waals surface area contributed by atoms with Crippen LogP contribution in [-0.4, -0.2) is 30.3 Å². The summed E-state index contributed by atoms with van der Waals surface area (Å²) in [6, 6.07) is 0. The van der Waals surface area contributed by atoms with Crippen LogP contribution in [0, 0.1) is 10.8 Å². The fourth-order valence-electron chi connectivity index (χ4n) is 2.20. The molecule has 0 aliphatic carbocycles. The van der Waals surface area contributed by atoms with Crippen molar-refractivity contribution >= 4 is 0 Å². The molecule has 0 aromatic heterocycles. The molecule has 2 atom stereocenters. The quantitative estimate of drug-likeness (QED) is 0.603. The number of hydrogen-bond acceptors (Lipinski definition) is 2. The van der Waals surface area contributed by atoms with E-state index in [4.69, 9.17) is 0 Å². The molecule has 2 unspecified atom stereocenters. The molecule has 0 radical (unpaired) electrons. The SMILES string of the molecule is CC(C)(C)C1OC(C(F)(F)F)(C(F)(F)F)OC1C(C)(C)C. The van der Waals surface area contributed by atoms with E-state index in [9.17, 15) is 26.3 Å². The molecule has 1 saturated heterocycles. The van der Waals surface area contributed by atoms with Gasteiger partial charge >= 0.3 is 18.1 Å². The van der Waals surface area contributed by atoms with Crippen LogP contribution in [0.1, 0.15) is 41.5 Å². The van der Waals surface area contributed by atoms with Gasteiger partial charge in [0.15, 0.2) is 0 Å². The van der Waals surface area contributed by atoms with Gasteiger partial charge in [-0.3, -0.25) is 0 Å². The van der Waals surface area contributed by atoms with E-state index in [2.05, 4.69) is 9.47 Å². The van der Waals surface area contributed by atoms with Crippen LogP contribution in [-0.2, 0) is 9.47 Å². The summed E-state index contributed by atoms with van der Waals surface area (Å²) in [6.45, 7) is 9.10. The van der Waals surface area contributed by atoms with Gasteiger partial charge in [-0.2, -0.15) is 26.3 Å². The molecule has 1 rings (SSSR count). The first-order valence-corrected chi connectivity index (χ1v) is 6.42. The summed E-state index contributed by atoms with van der Waals surface area (Å²) in [5, 5.41) is 0. The molecule has 0 amide bonds. The lowest BCUT2D eigenvalue weighted by molar-refractivity contribution is -0.448. The van der Waals surface area contributed by atoms with E-state index in [0.717, 1.165) is 0 Å². The van der Waals surface area contributed by atoms with Gasteiger partial charge < -0.3 is 9.47 Å². The highest BCUT2D eigenvalue weighted by Gasteiger charge is 2.80. The van der Waals surface area contributed by atoms with Crippen LogP contribution in [0.2, 0.25) is 0 Å². The first kappa shape index (κ1) is 18.5. The van der Waals surface area contributed by atoms with Gasteiger partial charge in [-0.1, -0.05) is 41.5 Å². The molecule has 126 valence electrons. The summed E-state index contributed by atoms with van der Waals surface area (Å²) >= 11 is 0. The van der Waals surface area contributed by atoms with Crippen LogP contribution in [0.5, 0.6) is 0 Å². The molecule has 0 spiro atoms. The van der Waals surface area contributed by atoms with Crippen LogP contribution in [0.15, 0.2) is 0 Å². The first-order valence-electron chi connectivity index (χ1n) is 6.42. The maximum atomic E-state index is 13.1. The van der Waals surface area contributed by atoms with E-state index in [-0.39, 0.29) is 0 Å². The topological polar surface area (TPSA) is 18.5 Å². The normalized spacial score (nSPS) is 28.0. The molecule has 21 heavy (non-hydrogen) atoms. The highest BCUT2D eigenvalue weighted by molar-refractivity contribution is 5.02. The lowest BCUT2D eigenvalue weighted by atomic mass is 9.76. The molecule has 0 aromatic carbocycles. The number of rotatable bonds is 0. The molecule has 1 aliphatic heterocycles. The van der Waals surface area contributed by atoms with E-state index in [1.807, 2.05) is 0 Å². The number of alkyl halides is 6. The summed E-state index contributed by atoms with van der Waals surface area (Å²) in [6.07, 6.45) is -14.1. The van der Waals surface area contributed by atoms with Crippen molar-refractivity contribution < 1.29 is 35.8 Å². The summed E-state index contributed by atoms with van der Waals surface area (Å²) < 4.78 is 87.4. The predicted octanol–water partition coefficient (Wildman–Crippen LogP) is 4.68. The lowest BCUT2D eigenvalue weighted by Crippen LogP contribution is -2.58. The van der Waals surface area contributed by atoms with E-state index >= 15 is 0 Å². The van der Waals surface area contributed by atoms with Crippen molar-refractivity contribution in [2.75, 3.05) is 0 Å². The standard InChI is InChI=1S/C13H20F6O2/c1-9(2,3)7-8(10(4,5)6)21-11(20-7,12(14,15)16)13(17,18)19/h7-8H,1-6H3. The van der Waals surface area contributed by atoms with Gasteiger partial charge in [0.25, 0.3) is 0 Å². The Morgan fingerprint density at radius 2 is 0.857 bits per heavy atom. The average Bonchev–Trinajstić information content (AvgIpc) is 2.53. The fourth-order valence-corrected chi connectivity index (χ4v) is 2.20. The molecule has 8 heteroatoms. The monoisotopic (exact) mass is 322 g/mol. The molecule has 1 heterocycles. The largest absolute Gasteiger partial charge is 0.453 e.